The Kier molecular flexibility index (Phi) is 5.26. The fourth-order valence-electron chi connectivity index (χ4n) is 4.50. The number of H-pyrrole nitrogens is 1. The molecule has 1 fully saturated rings. The third-order valence-electron chi connectivity index (χ3n) is 6.16. The fourth-order valence-corrected chi connectivity index (χ4v) is 4.62. The number of rotatable bonds is 4. The number of aromatic amines is 1. The zero-order chi connectivity index (χ0) is 24.2. The Bertz CT molecular complexity index is 1490. The lowest BCUT2D eigenvalue weighted by atomic mass is 9.82. The number of halogens is 3. The van der Waals surface area contributed by atoms with Crippen LogP contribution in [0.15, 0.2) is 53.5 Å². The van der Waals surface area contributed by atoms with Crippen LogP contribution in [0.5, 0.6) is 0 Å². The summed E-state index contributed by atoms with van der Waals surface area (Å²) in [4.78, 5) is 30.8. The average molecular weight is 484 g/mol. The minimum atomic E-state index is -0.675. The maximum absolute atomic E-state index is 13.9. The molecule has 1 aliphatic rings. The lowest BCUT2D eigenvalue weighted by Gasteiger charge is -2.49. The molecule has 0 saturated carbocycles. The number of amides is 1. The van der Waals surface area contributed by atoms with Gasteiger partial charge in [-0.1, -0.05) is 23.7 Å². The van der Waals surface area contributed by atoms with Crippen molar-refractivity contribution in [2.45, 2.75) is 12.5 Å². The van der Waals surface area contributed by atoms with E-state index in [1.54, 1.807) is 25.1 Å². The van der Waals surface area contributed by atoms with Crippen LogP contribution in [0.1, 0.15) is 21.5 Å². The molecule has 0 spiro atoms. The topological polar surface area (TPSA) is 82.5 Å². The van der Waals surface area contributed by atoms with Crippen molar-refractivity contribution in [3.63, 3.8) is 0 Å². The van der Waals surface area contributed by atoms with Crippen LogP contribution < -0.4 is 10.9 Å². The second-order valence-electron chi connectivity index (χ2n) is 8.61. The highest BCUT2D eigenvalue weighted by molar-refractivity contribution is 6.30. The van der Waals surface area contributed by atoms with Crippen LogP contribution in [-0.4, -0.2) is 45.5 Å². The molecule has 1 saturated heterocycles. The smallest absolute Gasteiger partial charge is 0.275 e. The van der Waals surface area contributed by atoms with E-state index in [1.807, 2.05) is 11.9 Å². The molecule has 10 heteroatoms. The summed E-state index contributed by atoms with van der Waals surface area (Å²) in [7, 11) is 1.93. The van der Waals surface area contributed by atoms with Gasteiger partial charge in [0, 0.05) is 24.8 Å². The second kappa shape index (κ2) is 8.03. The summed E-state index contributed by atoms with van der Waals surface area (Å²) in [5.41, 5.74) is 0.955. The van der Waals surface area contributed by atoms with E-state index in [0.29, 0.717) is 24.2 Å². The third-order valence-corrected chi connectivity index (χ3v) is 6.47. The van der Waals surface area contributed by atoms with E-state index in [0.717, 1.165) is 5.56 Å². The number of aryl methyl sites for hydroxylation is 1. The number of carbonyl (C=O) groups excluding carboxylic acids is 1. The minimum absolute atomic E-state index is 0.0420. The molecule has 0 unspecified atom stereocenters. The summed E-state index contributed by atoms with van der Waals surface area (Å²) in [5, 5.41) is 7.40. The molecule has 0 aliphatic carbocycles. The molecular weight excluding hydrogens is 464 g/mol. The van der Waals surface area contributed by atoms with Crippen molar-refractivity contribution in [1.29, 1.82) is 0 Å². The van der Waals surface area contributed by atoms with Crippen LogP contribution in [0.4, 0.5) is 8.78 Å². The van der Waals surface area contributed by atoms with Gasteiger partial charge in [-0.05, 0) is 55.4 Å². The van der Waals surface area contributed by atoms with Crippen LogP contribution in [0.3, 0.4) is 0 Å². The van der Waals surface area contributed by atoms with Crippen molar-refractivity contribution in [3.8, 4) is 11.4 Å². The highest BCUT2D eigenvalue weighted by atomic mass is 35.5. The molecule has 2 aromatic heterocycles. The van der Waals surface area contributed by atoms with Crippen LogP contribution in [-0.2, 0) is 5.54 Å². The molecule has 7 nitrogen and oxygen atoms in total. The highest BCUT2D eigenvalue weighted by Gasteiger charge is 2.44. The highest BCUT2D eigenvalue weighted by Crippen LogP contribution is 2.32. The molecule has 0 atom stereocenters. The molecule has 174 valence electrons. The molecule has 3 heterocycles. The van der Waals surface area contributed by atoms with Crippen LogP contribution in [0, 0.1) is 18.6 Å². The molecule has 5 rings (SSSR count). The summed E-state index contributed by atoms with van der Waals surface area (Å²) in [5.74, 6) is -1.23. The van der Waals surface area contributed by atoms with E-state index in [-0.39, 0.29) is 33.7 Å². The minimum Gasteiger partial charge on any atom is -0.340 e. The van der Waals surface area contributed by atoms with Crippen LogP contribution >= 0.6 is 11.6 Å². The number of aromatic nitrogens is 3. The van der Waals surface area contributed by atoms with E-state index in [4.69, 9.17) is 11.6 Å². The quantitative estimate of drug-likeness (QED) is 0.465. The molecule has 2 aromatic carbocycles. The van der Waals surface area contributed by atoms with E-state index >= 15 is 0 Å². The van der Waals surface area contributed by atoms with E-state index < -0.39 is 16.9 Å². The number of nitrogens with one attached hydrogen (secondary N) is 2. The molecule has 4 aromatic rings. The lowest BCUT2D eigenvalue weighted by molar-refractivity contribution is 0.0511. The third kappa shape index (κ3) is 3.66. The zero-order valence-electron chi connectivity index (χ0n) is 18.3. The SMILES string of the molecule is Cc1c(C(=O)NC2(c3ccc(F)cc3)CN(C)C2)cn2nc(-c3ccc(Cl)c(F)c3)[nH]c(=O)c12. The van der Waals surface area contributed by atoms with E-state index in [1.165, 1.54) is 35.0 Å². The number of likely N-dealkylation sites (N-methyl/N-ethyl adjacent to an activating group) is 1. The number of benzene rings is 2. The summed E-state index contributed by atoms with van der Waals surface area (Å²) < 4.78 is 28.7. The Morgan fingerprint density at radius 1 is 1.18 bits per heavy atom. The van der Waals surface area contributed by atoms with E-state index in [9.17, 15) is 18.4 Å². The van der Waals surface area contributed by atoms with Gasteiger partial charge in [-0.15, -0.1) is 5.10 Å². The number of carbonyl (C=O) groups is 1. The molecule has 1 aliphatic heterocycles. The standard InChI is InChI=1S/C24H20ClF2N5O2/c1-13-17(22(33)29-24(11-31(2)12-24)15-4-6-16(26)7-5-15)10-32-20(13)23(34)28-21(30-32)14-3-8-18(25)19(27)9-14/h3-10H,11-12H2,1-2H3,(H,29,33)(H,28,30,34). The first-order valence-electron chi connectivity index (χ1n) is 10.5. The van der Waals surface area contributed by atoms with Crippen LogP contribution in [0.25, 0.3) is 16.9 Å². The van der Waals surface area contributed by atoms with Crippen molar-refractivity contribution in [2.24, 2.45) is 0 Å². The summed E-state index contributed by atoms with van der Waals surface area (Å²) >= 11 is 5.75. The van der Waals surface area contributed by atoms with Gasteiger partial charge in [0.05, 0.1) is 16.1 Å². The number of hydrogen-bond acceptors (Lipinski definition) is 4. The predicted molar refractivity (Wildman–Crippen MR) is 124 cm³/mol. The molecule has 0 radical (unpaired) electrons. The van der Waals surface area contributed by atoms with Crippen LogP contribution in [0.2, 0.25) is 5.02 Å². The van der Waals surface area contributed by atoms with Gasteiger partial charge in [-0.2, -0.15) is 0 Å². The first kappa shape index (κ1) is 22.2. The Labute approximate surface area is 198 Å². The first-order valence-corrected chi connectivity index (χ1v) is 10.9. The van der Waals surface area contributed by atoms with Gasteiger partial charge in [0.2, 0.25) is 0 Å². The van der Waals surface area contributed by atoms with Gasteiger partial charge in [0.1, 0.15) is 17.2 Å². The Balaban J connectivity index is 1.52. The molecule has 34 heavy (non-hydrogen) atoms. The van der Waals surface area contributed by atoms with Gasteiger partial charge in [0.15, 0.2) is 5.82 Å². The van der Waals surface area contributed by atoms with Crippen molar-refractivity contribution in [3.05, 3.63) is 92.4 Å². The van der Waals surface area contributed by atoms with Gasteiger partial charge in [0.25, 0.3) is 11.5 Å². The summed E-state index contributed by atoms with van der Waals surface area (Å²) in [6.07, 6.45) is 1.48. The predicted octanol–water partition coefficient (Wildman–Crippen LogP) is 3.50. The van der Waals surface area contributed by atoms with Crippen molar-refractivity contribution in [1.82, 2.24) is 24.8 Å². The Hall–Kier alpha value is -3.56. The maximum Gasteiger partial charge on any atom is 0.275 e. The largest absolute Gasteiger partial charge is 0.340 e. The molecule has 1 amide bonds. The number of fused-ring (bicyclic) bond motifs is 1. The maximum atomic E-state index is 13.9. The Morgan fingerprint density at radius 3 is 2.53 bits per heavy atom. The molecular formula is C24H20ClF2N5O2. The summed E-state index contributed by atoms with van der Waals surface area (Å²) in [6, 6.07) is 10.1. The van der Waals surface area contributed by atoms with Gasteiger partial charge < -0.3 is 15.2 Å². The summed E-state index contributed by atoms with van der Waals surface area (Å²) in [6.45, 7) is 2.78. The van der Waals surface area contributed by atoms with E-state index in [2.05, 4.69) is 15.4 Å². The first-order chi connectivity index (χ1) is 16.2. The molecule has 2 N–H and O–H groups in total. The normalized spacial score (nSPS) is 15.3. The Morgan fingerprint density at radius 2 is 1.88 bits per heavy atom. The number of hydrogen-bond donors (Lipinski definition) is 2. The zero-order valence-corrected chi connectivity index (χ0v) is 19.1. The average Bonchev–Trinajstić information content (AvgIpc) is 3.11. The van der Waals surface area contributed by atoms with Crippen molar-refractivity contribution < 1.29 is 13.6 Å². The fraction of sp³-hybridized carbons (Fsp3) is 0.208. The number of likely N-dealkylation sites (tertiary alicyclic amines) is 1. The van der Waals surface area contributed by atoms with Gasteiger partial charge in [-0.25, -0.2) is 13.3 Å². The van der Waals surface area contributed by atoms with Crippen molar-refractivity contribution in [2.75, 3.05) is 20.1 Å². The lowest BCUT2D eigenvalue weighted by Crippen LogP contribution is -2.66. The number of nitrogens with zero attached hydrogens (tertiary/aromatic N) is 3. The van der Waals surface area contributed by atoms with Crippen molar-refractivity contribution >= 4 is 23.0 Å². The van der Waals surface area contributed by atoms with Gasteiger partial charge in [-0.3, -0.25) is 9.59 Å². The molecule has 0 bridgehead atoms. The second-order valence-corrected chi connectivity index (χ2v) is 9.02. The van der Waals surface area contributed by atoms with Gasteiger partial charge >= 0.3 is 0 Å². The monoisotopic (exact) mass is 483 g/mol.